The third-order valence-corrected chi connectivity index (χ3v) is 3.66. The van der Waals surface area contributed by atoms with Crippen molar-refractivity contribution in [2.75, 3.05) is 11.9 Å². The van der Waals surface area contributed by atoms with Crippen molar-refractivity contribution in [3.05, 3.63) is 54.1 Å². The Morgan fingerprint density at radius 1 is 1.09 bits per heavy atom. The summed E-state index contributed by atoms with van der Waals surface area (Å²) in [4.78, 5) is 12.6. The molecule has 0 fully saturated rings. The van der Waals surface area contributed by atoms with Crippen LogP contribution in [0.25, 0.3) is 0 Å². The Morgan fingerprint density at radius 2 is 1.73 bits per heavy atom. The molecule has 0 aliphatic heterocycles. The number of ether oxygens (including phenoxy) is 1. The van der Waals surface area contributed by atoms with Crippen molar-refractivity contribution in [1.29, 1.82) is 0 Å². The number of hydrogen-bond acceptors (Lipinski definition) is 3. The number of para-hydroxylation sites is 1. The van der Waals surface area contributed by atoms with E-state index in [9.17, 15) is 4.79 Å². The molecule has 0 unspecified atom stereocenters. The molecule has 22 heavy (non-hydrogen) atoms. The first kappa shape index (κ1) is 16.4. The van der Waals surface area contributed by atoms with Gasteiger partial charge in [-0.3, -0.25) is 4.79 Å². The molecular weight excluding hydrogens is 294 g/mol. The van der Waals surface area contributed by atoms with E-state index in [2.05, 4.69) is 38.7 Å². The van der Waals surface area contributed by atoms with Gasteiger partial charge in [-0.2, -0.15) is 0 Å². The zero-order valence-electron chi connectivity index (χ0n) is 13.1. The van der Waals surface area contributed by atoms with Crippen molar-refractivity contribution < 1.29 is 9.53 Å². The van der Waals surface area contributed by atoms with Gasteiger partial charge >= 0.3 is 0 Å². The maximum absolute atomic E-state index is 11.9. The van der Waals surface area contributed by atoms with E-state index in [0.717, 1.165) is 4.90 Å². The number of hydrogen-bond donors (Lipinski definition) is 2. The van der Waals surface area contributed by atoms with E-state index < -0.39 is 0 Å². The van der Waals surface area contributed by atoms with Gasteiger partial charge in [-0.25, -0.2) is 0 Å². The average molecular weight is 315 g/mol. The van der Waals surface area contributed by atoms with Crippen molar-refractivity contribution in [2.45, 2.75) is 31.1 Å². The van der Waals surface area contributed by atoms with Crippen molar-refractivity contribution in [1.82, 2.24) is 0 Å². The lowest BCUT2D eigenvalue weighted by atomic mass is 9.87. The first-order chi connectivity index (χ1) is 10.4. The number of anilines is 1. The van der Waals surface area contributed by atoms with E-state index in [1.54, 1.807) is 6.07 Å². The monoisotopic (exact) mass is 315 g/mol. The van der Waals surface area contributed by atoms with Gasteiger partial charge in [-0.05, 0) is 35.2 Å². The smallest absolute Gasteiger partial charge is 0.262 e. The molecule has 4 heteroatoms. The van der Waals surface area contributed by atoms with Gasteiger partial charge in [0.2, 0.25) is 0 Å². The van der Waals surface area contributed by atoms with Crippen molar-refractivity contribution in [2.24, 2.45) is 0 Å². The zero-order valence-corrected chi connectivity index (χ0v) is 14.0. The van der Waals surface area contributed by atoms with Crippen LogP contribution in [0.2, 0.25) is 0 Å². The van der Waals surface area contributed by atoms with Crippen LogP contribution < -0.4 is 10.1 Å². The highest BCUT2D eigenvalue weighted by molar-refractivity contribution is 7.80. The first-order valence-corrected chi connectivity index (χ1v) is 7.62. The molecule has 0 radical (unpaired) electrons. The minimum Gasteiger partial charge on any atom is -0.484 e. The molecule has 0 aromatic heterocycles. The van der Waals surface area contributed by atoms with Gasteiger partial charge in [-0.1, -0.05) is 45.0 Å². The fourth-order valence-corrected chi connectivity index (χ4v) is 2.18. The van der Waals surface area contributed by atoms with Gasteiger partial charge in [0.05, 0.1) is 5.69 Å². The minimum atomic E-state index is -0.207. The maximum atomic E-state index is 11.9. The molecule has 0 aliphatic rings. The molecule has 1 N–H and O–H groups in total. The Morgan fingerprint density at radius 3 is 2.32 bits per heavy atom. The summed E-state index contributed by atoms with van der Waals surface area (Å²) in [6, 6.07) is 15.2. The summed E-state index contributed by atoms with van der Waals surface area (Å²) in [7, 11) is 0. The Bertz CT molecular complexity index is 645. The summed E-state index contributed by atoms with van der Waals surface area (Å²) >= 11 is 4.29. The zero-order chi connectivity index (χ0) is 16.2. The van der Waals surface area contributed by atoms with Crippen molar-refractivity contribution in [3.8, 4) is 5.75 Å². The molecule has 2 rings (SSSR count). The van der Waals surface area contributed by atoms with E-state index in [-0.39, 0.29) is 17.9 Å². The van der Waals surface area contributed by atoms with Crippen LogP contribution >= 0.6 is 12.6 Å². The van der Waals surface area contributed by atoms with Crippen LogP contribution in [-0.4, -0.2) is 12.5 Å². The summed E-state index contributed by atoms with van der Waals surface area (Å²) in [5, 5.41) is 2.78. The van der Waals surface area contributed by atoms with Crippen LogP contribution in [0.1, 0.15) is 26.3 Å². The lowest BCUT2D eigenvalue weighted by Crippen LogP contribution is -2.20. The van der Waals surface area contributed by atoms with Gasteiger partial charge in [0, 0.05) is 4.90 Å². The minimum absolute atomic E-state index is 0.0308. The van der Waals surface area contributed by atoms with Gasteiger partial charge in [0.15, 0.2) is 6.61 Å². The molecule has 0 saturated carbocycles. The lowest BCUT2D eigenvalue weighted by molar-refractivity contribution is -0.118. The molecule has 1 amide bonds. The van der Waals surface area contributed by atoms with Crippen LogP contribution in [0.15, 0.2) is 53.4 Å². The molecule has 2 aromatic rings. The third-order valence-electron chi connectivity index (χ3n) is 3.27. The second-order valence-electron chi connectivity index (χ2n) is 6.13. The molecule has 0 heterocycles. The number of carbonyl (C=O) groups excluding carboxylic acids is 1. The van der Waals surface area contributed by atoms with Crippen LogP contribution in [0, 0.1) is 0 Å². The van der Waals surface area contributed by atoms with Crippen molar-refractivity contribution in [3.63, 3.8) is 0 Å². The normalized spacial score (nSPS) is 11.1. The molecule has 3 nitrogen and oxygen atoms in total. The van der Waals surface area contributed by atoms with Crippen LogP contribution in [0.3, 0.4) is 0 Å². The molecule has 0 spiro atoms. The predicted octanol–water partition coefficient (Wildman–Crippen LogP) is 4.29. The number of benzene rings is 2. The Hall–Kier alpha value is -1.94. The van der Waals surface area contributed by atoms with Crippen LogP contribution in [0.4, 0.5) is 5.69 Å². The lowest BCUT2D eigenvalue weighted by Gasteiger charge is -2.19. The SMILES string of the molecule is CC(C)(C)c1ccc(OCC(=O)Nc2ccccc2S)cc1. The fraction of sp³-hybridized carbons (Fsp3) is 0.278. The largest absolute Gasteiger partial charge is 0.484 e. The Kier molecular flexibility index (Phi) is 5.14. The number of carbonyl (C=O) groups is 1. The van der Waals surface area contributed by atoms with Gasteiger partial charge < -0.3 is 10.1 Å². The Labute approximate surface area is 137 Å². The summed E-state index contributed by atoms with van der Waals surface area (Å²) in [5.41, 5.74) is 2.02. The average Bonchev–Trinajstić information content (AvgIpc) is 2.47. The van der Waals surface area contributed by atoms with E-state index in [1.165, 1.54) is 5.56 Å². The highest BCUT2D eigenvalue weighted by Crippen LogP contribution is 2.24. The fourth-order valence-electron chi connectivity index (χ4n) is 1.97. The second-order valence-corrected chi connectivity index (χ2v) is 6.61. The number of nitrogens with one attached hydrogen (secondary N) is 1. The maximum Gasteiger partial charge on any atom is 0.262 e. The summed E-state index contributed by atoms with van der Waals surface area (Å²) in [6.07, 6.45) is 0. The third kappa shape index (κ3) is 4.53. The quantitative estimate of drug-likeness (QED) is 0.826. The van der Waals surface area contributed by atoms with Gasteiger partial charge in [0.1, 0.15) is 5.75 Å². The molecule has 0 aliphatic carbocycles. The van der Waals surface area contributed by atoms with Crippen molar-refractivity contribution >= 4 is 24.2 Å². The molecule has 0 saturated heterocycles. The molecule has 0 atom stereocenters. The van der Waals surface area contributed by atoms with Gasteiger partial charge in [0.25, 0.3) is 5.91 Å². The summed E-state index contributed by atoms with van der Waals surface area (Å²) in [5.74, 6) is 0.476. The summed E-state index contributed by atoms with van der Waals surface area (Å²) < 4.78 is 5.51. The standard InChI is InChI=1S/C18H21NO2S/c1-18(2,3)13-8-10-14(11-9-13)21-12-17(20)19-15-6-4-5-7-16(15)22/h4-11,22H,12H2,1-3H3,(H,19,20). The topological polar surface area (TPSA) is 38.3 Å². The van der Waals surface area contributed by atoms with E-state index in [0.29, 0.717) is 11.4 Å². The van der Waals surface area contributed by atoms with Crippen LogP contribution in [-0.2, 0) is 10.2 Å². The van der Waals surface area contributed by atoms with Gasteiger partial charge in [-0.15, -0.1) is 12.6 Å². The molecular formula is C18H21NO2S. The predicted molar refractivity (Wildman–Crippen MR) is 93.0 cm³/mol. The molecule has 116 valence electrons. The number of thiol groups is 1. The first-order valence-electron chi connectivity index (χ1n) is 7.17. The van der Waals surface area contributed by atoms with Crippen LogP contribution in [0.5, 0.6) is 5.75 Å². The van der Waals surface area contributed by atoms with E-state index in [4.69, 9.17) is 4.74 Å². The highest BCUT2D eigenvalue weighted by Gasteiger charge is 2.13. The highest BCUT2D eigenvalue weighted by atomic mass is 32.1. The Balaban J connectivity index is 1.90. The van der Waals surface area contributed by atoms with E-state index >= 15 is 0 Å². The second kappa shape index (κ2) is 6.88. The molecule has 2 aromatic carbocycles. The number of amides is 1. The molecule has 0 bridgehead atoms. The number of rotatable bonds is 4. The summed E-state index contributed by atoms with van der Waals surface area (Å²) in [6.45, 7) is 6.44. The van der Waals surface area contributed by atoms with E-state index in [1.807, 2.05) is 42.5 Å².